The van der Waals surface area contributed by atoms with Gasteiger partial charge in [-0.2, -0.15) is 0 Å². The van der Waals surface area contributed by atoms with Gasteiger partial charge in [0.1, 0.15) is 22.1 Å². The summed E-state index contributed by atoms with van der Waals surface area (Å²) in [7, 11) is 4.64. The number of hydrogen-bond donors (Lipinski definition) is 4. The highest BCUT2D eigenvalue weighted by atomic mass is 32.1. The summed E-state index contributed by atoms with van der Waals surface area (Å²) in [5.74, 6) is -0.570. The van der Waals surface area contributed by atoms with Crippen LogP contribution >= 0.6 is 24.4 Å². The molecule has 0 aromatic heterocycles. The number of nitrogens with zero attached hydrogens (tertiary/aromatic N) is 2. The van der Waals surface area contributed by atoms with Crippen LogP contribution in [0.3, 0.4) is 0 Å². The number of nitrogens with one attached hydrogen (secondary N) is 2. The van der Waals surface area contributed by atoms with E-state index < -0.39 is 18.2 Å². The average molecular weight is 505 g/mol. The fourth-order valence-electron chi connectivity index (χ4n) is 3.32. The average Bonchev–Trinajstić information content (AvgIpc) is 2.81. The maximum atomic E-state index is 12.4. The third-order valence-corrected chi connectivity index (χ3v) is 5.98. The highest BCUT2D eigenvalue weighted by Crippen LogP contribution is 2.24. The van der Waals surface area contributed by atoms with Gasteiger partial charge in [-0.1, -0.05) is 54.8 Å². The van der Waals surface area contributed by atoms with Gasteiger partial charge in [-0.25, -0.2) is 0 Å². The zero-order valence-electron chi connectivity index (χ0n) is 19.4. The van der Waals surface area contributed by atoms with Crippen LogP contribution in [0.15, 0.2) is 36.4 Å². The molecule has 34 heavy (non-hydrogen) atoms. The van der Waals surface area contributed by atoms with Crippen LogP contribution in [-0.2, 0) is 22.8 Å². The quantitative estimate of drug-likeness (QED) is 0.252. The minimum Gasteiger partial charge on any atom is -0.496 e. The van der Waals surface area contributed by atoms with E-state index in [1.54, 1.807) is 38.4 Å². The monoisotopic (exact) mass is 504 g/mol. The van der Waals surface area contributed by atoms with Gasteiger partial charge in [0.05, 0.1) is 25.9 Å². The number of thiocarbonyl (C=S) groups is 2. The Hall–Kier alpha value is -3.12. The van der Waals surface area contributed by atoms with Crippen LogP contribution in [0.1, 0.15) is 34.2 Å². The van der Waals surface area contributed by atoms with Crippen molar-refractivity contribution in [2.24, 2.45) is 0 Å². The second kappa shape index (κ2) is 12.4. The van der Waals surface area contributed by atoms with Gasteiger partial charge in [0, 0.05) is 19.7 Å². The summed E-state index contributed by atoms with van der Waals surface area (Å²) in [5.41, 5.74) is 8.14. The number of carbonyl (C=O) groups is 2. The first-order valence-corrected chi connectivity index (χ1v) is 11.1. The van der Waals surface area contributed by atoms with Crippen LogP contribution < -0.4 is 15.6 Å². The molecule has 0 spiro atoms. The van der Waals surface area contributed by atoms with Crippen molar-refractivity contribution in [3.63, 3.8) is 0 Å². The normalized spacial score (nSPS) is 10.3. The van der Waals surface area contributed by atoms with Gasteiger partial charge in [0.2, 0.25) is 11.8 Å². The molecule has 9 nitrogen and oxygen atoms in total. The molecule has 2 amide bonds. The summed E-state index contributed by atoms with van der Waals surface area (Å²) in [5, 5.41) is 21.8. The van der Waals surface area contributed by atoms with Gasteiger partial charge >= 0.3 is 0 Å². The molecule has 2 aromatic rings. The first-order chi connectivity index (χ1) is 16.1. The molecule has 2 aromatic carbocycles. The molecular formula is C23H28N4O5S2. The molecule has 0 aliphatic carbocycles. The smallest absolute Gasteiger partial charge is 0.248 e. The Morgan fingerprint density at radius 2 is 1.44 bits per heavy atom. The number of benzene rings is 2. The Balaban J connectivity index is 1.99. The van der Waals surface area contributed by atoms with Gasteiger partial charge in [0.15, 0.2) is 0 Å². The first-order valence-electron chi connectivity index (χ1n) is 10.3. The molecule has 0 bridgehead atoms. The van der Waals surface area contributed by atoms with Gasteiger partial charge in [0.25, 0.3) is 0 Å². The van der Waals surface area contributed by atoms with Crippen molar-refractivity contribution in [1.29, 1.82) is 0 Å². The number of carbonyl (C=O) groups excluding carboxylic acids is 2. The summed E-state index contributed by atoms with van der Waals surface area (Å²) in [6.07, 6.45) is -0.478. The predicted molar refractivity (Wildman–Crippen MR) is 136 cm³/mol. The Labute approximate surface area is 209 Å². The summed E-state index contributed by atoms with van der Waals surface area (Å²) < 4.78 is 5.41. The zero-order valence-corrected chi connectivity index (χ0v) is 21.0. The van der Waals surface area contributed by atoms with Crippen molar-refractivity contribution in [2.75, 3.05) is 21.2 Å². The molecule has 0 unspecified atom stereocenters. The number of amides is 2. The van der Waals surface area contributed by atoms with Crippen molar-refractivity contribution in [2.45, 2.75) is 26.6 Å². The van der Waals surface area contributed by atoms with Crippen LogP contribution in [0.5, 0.6) is 5.75 Å². The van der Waals surface area contributed by atoms with Crippen molar-refractivity contribution in [3.8, 4) is 5.75 Å². The predicted octanol–water partition coefficient (Wildman–Crippen LogP) is 1.36. The molecule has 0 fully saturated rings. The SMILES string of the molecule is COc1c(C)cccc1C(=S)N(C)NC(=O)CC(=O)NN(C)C(=S)c1cccc(CO)c1CO. The highest BCUT2D eigenvalue weighted by Gasteiger charge is 2.20. The number of hydrazine groups is 2. The number of hydrogen-bond acceptors (Lipinski definition) is 7. The lowest BCUT2D eigenvalue weighted by molar-refractivity contribution is -0.132. The van der Waals surface area contributed by atoms with E-state index in [4.69, 9.17) is 29.2 Å². The van der Waals surface area contributed by atoms with Crippen molar-refractivity contribution in [1.82, 2.24) is 20.9 Å². The van der Waals surface area contributed by atoms with Crippen LogP contribution in [-0.4, -0.2) is 63.2 Å². The van der Waals surface area contributed by atoms with E-state index >= 15 is 0 Å². The van der Waals surface area contributed by atoms with E-state index in [2.05, 4.69) is 10.9 Å². The second-order valence-corrected chi connectivity index (χ2v) is 8.16. The molecule has 2 rings (SSSR count). The molecule has 4 N–H and O–H groups in total. The summed E-state index contributed by atoms with van der Waals surface area (Å²) in [4.78, 5) is 25.4. The van der Waals surface area contributed by atoms with Crippen LogP contribution in [0, 0.1) is 6.92 Å². The molecule has 0 aliphatic heterocycles. The van der Waals surface area contributed by atoms with E-state index in [-0.39, 0.29) is 18.2 Å². The Morgan fingerprint density at radius 1 is 0.912 bits per heavy atom. The van der Waals surface area contributed by atoms with E-state index in [0.717, 1.165) is 5.56 Å². The second-order valence-electron chi connectivity index (χ2n) is 7.39. The van der Waals surface area contributed by atoms with Gasteiger partial charge in [-0.3, -0.25) is 30.5 Å². The van der Waals surface area contributed by atoms with E-state index in [0.29, 0.717) is 33.0 Å². The molecule has 0 atom stereocenters. The maximum absolute atomic E-state index is 12.4. The zero-order chi connectivity index (χ0) is 25.4. The number of methoxy groups -OCH3 is 1. The fraction of sp³-hybridized carbons (Fsp3) is 0.304. The fourth-order valence-corrected chi connectivity index (χ4v) is 3.77. The minimum absolute atomic E-state index is 0.220. The van der Waals surface area contributed by atoms with E-state index in [1.807, 2.05) is 19.1 Å². The molecule has 182 valence electrons. The van der Waals surface area contributed by atoms with Gasteiger partial charge < -0.3 is 14.9 Å². The maximum Gasteiger partial charge on any atom is 0.248 e. The third kappa shape index (κ3) is 6.48. The summed E-state index contributed by atoms with van der Waals surface area (Å²) in [6, 6.07) is 10.5. The largest absolute Gasteiger partial charge is 0.496 e. The van der Waals surface area contributed by atoms with Gasteiger partial charge in [-0.05, 0) is 29.7 Å². The minimum atomic E-state index is -0.598. The van der Waals surface area contributed by atoms with Crippen molar-refractivity contribution < 1.29 is 24.5 Å². The van der Waals surface area contributed by atoms with Crippen molar-refractivity contribution in [3.05, 3.63) is 64.2 Å². The number of ether oxygens (including phenoxy) is 1. The topological polar surface area (TPSA) is 114 Å². The molecule has 0 aliphatic rings. The highest BCUT2D eigenvalue weighted by molar-refractivity contribution is 7.81. The van der Waals surface area contributed by atoms with Crippen LogP contribution in [0.2, 0.25) is 0 Å². The first kappa shape index (κ1) is 27.1. The standard InChI is InChI=1S/C23H28N4O5S2/c1-14-7-5-10-17(21(14)32-4)23(34)27(3)25-20(31)11-19(30)24-26(2)22(33)16-9-6-8-15(12-28)18(16)13-29/h5-10,28-29H,11-13H2,1-4H3,(H,24,30)(H,25,31). The van der Waals surface area contributed by atoms with Crippen molar-refractivity contribution >= 4 is 46.2 Å². The molecule has 0 heterocycles. The third-order valence-electron chi connectivity index (χ3n) is 4.99. The Morgan fingerprint density at radius 3 is 1.97 bits per heavy atom. The lowest BCUT2D eigenvalue weighted by atomic mass is 10.0. The number of aliphatic hydroxyl groups excluding tert-OH is 2. The number of rotatable bonds is 7. The number of aryl methyl sites for hydroxylation is 1. The number of para-hydroxylation sites is 1. The molecule has 11 heteroatoms. The lowest BCUT2D eigenvalue weighted by Gasteiger charge is -2.24. The van der Waals surface area contributed by atoms with Gasteiger partial charge in [-0.15, -0.1) is 0 Å². The summed E-state index contributed by atoms with van der Waals surface area (Å²) >= 11 is 10.9. The van der Waals surface area contributed by atoms with E-state index in [9.17, 15) is 19.8 Å². The van der Waals surface area contributed by atoms with E-state index in [1.165, 1.54) is 17.1 Å². The lowest BCUT2D eigenvalue weighted by Crippen LogP contribution is -2.47. The summed E-state index contributed by atoms with van der Waals surface area (Å²) in [6.45, 7) is 1.30. The molecule has 0 radical (unpaired) electrons. The molecular weight excluding hydrogens is 476 g/mol. The molecule has 0 saturated carbocycles. The Bertz CT molecular complexity index is 1090. The van der Waals surface area contributed by atoms with Crippen LogP contribution in [0.4, 0.5) is 0 Å². The van der Waals surface area contributed by atoms with Crippen LogP contribution in [0.25, 0.3) is 0 Å². The molecule has 0 saturated heterocycles. The number of aliphatic hydroxyl groups is 2. The Kier molecular flexibility index (Phi) is 9.87.